The van der Waals surface area contributed by atoms with E-state index in [4.69, 9.17) is 0 Å². The molecule has 2 heteroatoms. The van der Waals surface area contributed by atoms with Crippen LogP contribution in [0.25, 0.3) is 0 Å². The molecule has 0 aromatic carbocycles. The molecule has 10 heavy (non-hydrogen) atoms. The lowest BCUT2D eigenvalue weighted by molar-refractivity contribution is -0.0411. The second kappa shape index (κ2) is 2.21. The maximum Gasteiger partial charge on any atom is 0.0669 e. The average Bonchev–Trinajstić information content (AvgIpc) is 1.87. The minimum atomic E-state index is 0.424. The Morgan fingerprint density at radius 1 is 1.20 bits per heavy atom. The van der Waals surface area contributed by atoms with Crippen LogP contribution < -0.4 is 5.43 Å². The van der Waals surface area contributed by atoms with Gasteiger partial charge in [0.1, 0.15) is 0 Å². The molecule has 1 radical (unpaired) electrons. The first-order chi connectivity index (χ1) is 4.81. The Morgan fingerprint density at radius 3 is 2.30 bits per heavy atom. The average molecular weight is 139 g/mol. The fourth-order valence-corrected chi connectivity index (χ4v) is 2.25. The molecule has 0 aromatic heterocycles. The Balaban J connectivity index is 1.90. The van der Waals surface area contributed by atoms with Crippen molar-refractivity contribution in [3.05, 3.63) is 0 Å². The Hall–Kier alpha value is -0.0800. The summed E-state index contributed by atoms with van der Waals surface area (Å²) in [6, 6.07) is 0. The molecular formula is C8H15N2. The molecule has 0 unspecified atom stereocenters. The standard InChI is InChI=1S/C8H15N2/c1-10-7-8(9-10)5-3-2-4-6-8/h2-7H2,1H3. The Morgan fingerprint density at radius 2 is 1.80 bits per heavy atom. The molecule has 0 N–H and O–H groups in total. The smallest absolute Gasteiger partial charge is 0.0669 e. The van der Waals surface area contributed by atoms with Crippen LogP contribution in [0.3, 0.4) is 0 Å². The van der Waals surface area contributed by atoms with Crippen molar-refractivity contribution in [1.82, 2.24) is 10.4 Å². The lowest BCUT2D eigenvalue weighted by Gasteiger charge is -2.49. The van der Waals surface area contributed by atoms with Crippen LogP contribution in [0.15, 0.2) is 0 Å². The third-order valence-electron chi connectivity index (χ3n) is 2.69. The van der Waals surface area contributed by atoms with E-state index in [0.29, 0.717) is 5.54 Å². The van der Waals surface area contributed by atoms with Gasteiger partial charge in [-0.1, -0.05) is 19.3 Å². The van der Waals surface area contributed by atoms with Gasteiger partial charge in [0.15, 0.2) is 0 Å². The van der Waals surface area contributed by atoms with E-state index in [2.05, 4.69) is 17.5 Å². The molecule has 2 fully saturated rings. The van der Waals surface area contributed by atoms with Crippen LogP contribution in [0, 0.1) is 0 Å². The van der Waals surface area contributed by atoms with E-state index >= 15 is 0 Å². The van der Waals surface area contributed by atoms with Crippen molar-refractivity contribution in [3.8, 4) is 0 Å². The Bertz CT molecular complexity index is 112. The molecule has 2 rings (SSSR count). The van der Waals surface area contributed by atoms with Gasteiger partial charge in [0.2, 0.25) is 0 Å². The summed E-state index contributed by atoms with van der Waals surface area (Å²) in [6.45, 7) is 1.22. The molecule has 2 aliphatic rings. The van der Waals surface area contributed by atoms with Crippen LogP contribution >= 0.6 is 0 Å². The highest BCUT2D eigenvalue weighted by Gasteiger charge is 2.42. The van der Waals surface area contributed by atoms with Gasteiger partial charge in [0.05, 0.1) is 5.54 Å². The van der Waals surface area contributed by atoms with Gasteiger partial charge in [-0.15, -0.1) is 0 Å². The van der Waals surface area contributed by atoms with Crippen molar-refractivity contribution in [1.29, 1.82) is 0 Å². The number of likely N-dealkylation sites (N-methyl/N-ethyl adjacent to an activating group) is 1. The molecule has 0 atom stereocenters. The van der Waals surface area contributed by atoms with Crippen molar-refractivity contribution >= 4 is 0 Å². The van der Waals surface area contributed by atoms with Gasteiger partial charge < -0.3 is 0 Å². The molecule has 0 bridgehead atoms. The van der Waals surface area contributed by atoms with Gasteiger partial charge >= 0.3 is 0 Å². The molecule has 1 aliphatic heterocycles. The first kappa shape index (κ1) is 6.62. The largest absolute Gasteiger partial charge is 0.227 e. The van der Waals surface area contributed by atoms with E-state index < -0.39 is 0 Å². The molecule has 1 saturated carbocycles. The van der Waals surface area contributed by atoms with Crippen molar-refractivity contribution < 1.29 is 0 Å². The summed E-state index contributed by atoms with van der Waals surface area (Å²) in [5.74, 6) is 0. The molecule has 57 valence electrons. The van der Waals surface area contributed by atoms with Gasteiger partial charge in [0.25, 0.3) is 0 Å². The monoisotopic (exact) mass is 139 g/mol. The van der Waals surface area contributed by atoms with Gasteiger partial charge in [0, 0.05) is 13.6 Å². The third-order valence-corrected chi connectivity index (χ3v) is 2.69. The zero-order valence-corrected chi connectivity index (χ0v) is 6.64. The summed E-state index contributed by atoms with van der Waals surface area (Å²) in [5.41, 5.74) is 4.97. The third kappa shape index (κ3) is 0.956. The second-order valence-corrected chi connectivity index (χ2v) is 3.70. The SMILES string of the molecule is CN1CC2(CCCCC2)[N]1. The molecule has 1 saturated heterocycles. The highest BCUT2D eigenvalue weighted by Crippen LogP contribution is 2.34. The van der Waals surface area contributed by atoms with Crippen molar-refractivity contribution in [2.75, 3.05) is 13.6 Å². The Kier molecular flexibility index (Phi) is 1.46. The molecular weight excluding hydrogens is 124 g/mol. The van der Waals surface area contributed by atoms with Crippen LogP contribution in [-0.2, 0) is 0 Å². The maximum atomic E-state index is 4.55. The number of hydrogen-bond acceptors (Lipinski definition) is 1. The minimum Gasteiger partial charge on any atom is -0.227 e. The van der Waals surface area contributed by atoms with Crippen molar-refractivity contribution in [3.63, 3.8) is 0 Å². The Labute approximate surface area is 62.6 Å². The summed E-state index contributed by atoms with van der Waals surface area (Å²) in [7, 11) is 2.07. The summed E-state index contributed by atoms with van der Waals surface area (Å²) >= 11 is 0. The highest BCUT2D eigenvalue weighted by molar-refractivity contribution is 4.97. The summed E-state index contributed by atoms with van der Waals surface area (Å²) in [4.78, 5) is 0. The topological polar surface area (TPSA) is 17.3 Å². The van der Waals surface area contributed by atoms with Crippen LogP contribution in [0.2, 0.25) is 0 Å². The van der Waals surface area contributed by atoms with E-state index in [0.717, 1.165) is 0 Å². The van der Waals surface area contributed by atoms with E-state index in [1.54, 1.807) is 0 Å². The quantitative estimate of drug-likeness (QED) is 0.492. The predicted octanol–water partition coefficient (Wildman–Crippen LogP) is 1.15. The van der Waals surface area contributed by atoms with Crippen molar-refractivity contribution in [2.24, 2.45) is 0 Å². The molecule has 1 aliphatic carbocycles. The summed E-state index contributed by atoms with van der Waals surface area (Å²) < 4.78 is 0. The zero-order chi connectivity index (χ0) is 7.03. The maximum absolute atomic E-state index is 4.55. The predicted molar refractivity (Wildman–Crippen MR) is 40.6 cm³/mol. The van der Waals surface area contributed by atoms with Crippen LogP contribution in [0.4, 0.5) is 0 Å². The fraction of sp³-hybridized carbons (Fsp3) is 1.00. The van der Waals surface area contributed by atoms with Crippen LogP contribution in [-0.4, -0.2) is 24.1 Å². The molecule has 0 aromatic rings. The van der Waals surface area contributed by atoms with Crippen molar-refractivity contribution in [2.45, 2.75) is 37.6 Å². The van der Waals surface area contributed by atoms with E-state index in [1.807, 2.05) is 0 Å². The molecule has 1 spiro atoms. The van der Waals surface area contributed by atoms with Gasteiger partial charge in [-0.3, -0.25) is 0 Å². The first-order valence-corrected chi connectivity index (χ1v) is 4.25. The molecule has 0 amide bonds. The lowest BCUT2D eigenvalue weighted by atomic mass is 9.80. The molecule has 2 nitrogen and oxygen atoms in total. The van der Waals surface area contributed by atoms with Gasteiger partial charge in [-0.05, 0) is 12.8 Å². The summed E-state index contributed by atoms with van der Waals surface area (Å²) in [6.07, 6.45) is 6.92. The van der Waals surface area contributed by atoms with E-state index in [1.165, 1.54) is 38.6 Å². The number of hydrogen-bond donors (Lipinski definition) is 0. The minimum absolute atomic E-state index is 0.424. The normalized spacial score (nSPS) is 32.1. The first-order valence-electron chi connectivity index (χ1n) is 4.25. The number of nitrogens with zero attached hydrogens (tertiary/aromatic N) is 2. The fourth-order valence-electron chi connectivity index (χ4n) is 2.25. The highest BCUT2D eigenvalue weighted by atomic mass is 15.6. The van der Waals surface area contributed by atoms with Gasteiger partial charge in [-0.25, -0.2) is 5.01 Å². The van der Waals surface area contributed by atoms with Crippen LogP contribution in [0.1, 0.15) is 32.1 Å². The van der Waals surface area contributed by atoms with Gasteiger partial charge in [-0.2, -0.15) is 5.43 Å². The lowest BCUT2D eigenvalue weighted by Crippen LogP contribution is -2.65. The second-order valence-electron chi connectivity index (χ2n) is 3.70. The van der Waals surface area contributed by atoms with Crippen LogP contribution in [0.5, 0.6) is 0 Å². The van der Waals surface area contributed by atoms with E-state index in [9.17, 15) is 0 Å². The number of rotatable bonds is 0. The summed E-state index contributed by atoms with van der Waals surface area (Å²) in [5, 5.41) is 2.07. The molecule has 1 heterocycles. The zero-order valence-electron chi connectivity index (χ0n) is 6.64. The van der Waals surface area contributed by atoms with E-state index in [-0.39, 0.29) is 0 Å².